The fourth-order valence-electron chi connectivity index (χ4n) is 3.92. The van der Waals surface area contributed by atoms with E-state index in [0.717, 1.165) is 29.5 Å². The second-order valence-electron chi connectivity index (χ2n) is 9.58. The molecule has 8 nitrogen and oxygen atoms in total. The summed E-state index contributed by atoms with van der Waals surface area (Å²) in [5.74, 6) is 0.589. The van der Waals surface area contributed by atoms with E-state index < -0.39 is 12.2 Å². The van der Waals surface area contributed by atoms with Crippen LogP contribution in [0.1, 0.15) is 32.8 Å². The van der Waals surface area contributed by atoms with Crippen molar-refractivity contribution < 1.29 is 27.8 Å². The fraction of sp³-hybridized carbons (Fsp3) is 0.385. The molecule has 1 amide bonds. The highest BCUT2D eigenvalue weighted by Crippen LogP contribution is 2.27. The average Bonchev–Trinajstić information content (AvgIpc) is 3.27. The molecule has 190 valence electrons. The zero-order chi connectivity index (χ0) is 25.7. The summed E-state index contributed by atoms with van der Waals surface area (Å²) in [6.45, 7) is 4.00. The lowest BCUT2D eigenvalue weighted by Crippen LogP contribution is -2.35. The van der Waals surface area contributed by atoms with E-state index in [0.29, 0.717) is 19.0 Å². The van der Waals surface area contributed by atoms with E-state index >= 15 is 0 Å². The number of ether oxygens (including phenoxy) is 3. The van der Waals surface area contributed by atoms with Crippen molar-refractivity contribution in [3.8, 4) is 28.6 Å². The summed E-state index contributed by atoms with van der Waals surface area (Å²) < 4.78 is 40.2. The summed E-state index contributed by atoms with van der Waals surface area (Å²) in [7, 11) is 0. The van der Waals surface area contributed by atoms with E-state index in [4.69, 9.17) is 9.47 Å². The highest BCUT2D eigenvalue weighted by Gasteiger charge is 2.29. The van der Waals surface area contributed by atoms with Crippen LogP contribution in [0.3, 0.4) is 0 Å². The lowest BCUT2D eigenvalue weighted by Gasteiger charge is -2.24. The monoisotopic (exact) mass is 498 g/mol. The molecule has 1 fully saturated rings. The number of aromatic nitrogens is 3. The maximum atomic E-state index is 12.4. The van der Waals surface area contributed by atoms with Crippen molar-refractivity contribution in [1.29, 1.82) is 0 Å². The molecule has 2 aromatic heterocycles. The van der Waals surface area contributed by atoms with Gasteiger partial charge < -0.3 is 19.1 Å². The van der Waals surface area contributed by atoms with E-state index in [-0.39, 0.29) is 23.6 Å². The number of carbonyl (C=O) groups is 1. The Hall–Kier alpha value is -3.82. The molecule has 3 aromatic rings. The van der Waals surface area contributed by atoms with Gasteiger partial charge in [-0.2, -0.15) is 8.78 Å². The average molecular weight is 499 g/mol. The Morgan fingerprint density at radius 1 is 1.08 bits per heavy atom. The first kappa shape index (κ1) is 25.3. The molecule has 1 aliphatic rings. The van der Waals surface area contributed by atoms with Crippen molar-refractivity contribution in [3.63, 3.8) is 0 Å². The van der Waals surface area contributed by atoms with Crippen LogP contribution < -0.4 is 9.47 Å². The van der Waals surface area contributed by atoms with Gasteiger partial charge in [-0.05, 0) is 63.3 Å². The van der Waals surface area contributed by atoms with Crippen LogP contribution in [0.15, 0.2) is 55.1 Å². The number of amides is 1. The van der Waals surface area contributed by atoms with Gasteiger partial charge in [0, 0.05) is 55.1 Å². The molecule has 0 radical (unpaired) electrons. The second-order valence-corrected chi connectivity index (χ2v) is 9.58. The highest BCUT2D eigenvalue weighted by atomic mass is 19.3. The quantitative estimate of drug-likeness (QED) is 0.411. The number of halogens is 2. The van der Waals surface area contributed by atoms with Crippen LogP contribution >= 0.6 is 0 Å². The minimum absolute atomic E-state index is 0.0153. The minimum Gasteiger partial charge on any atom is -0.444 e. The van der Waals surface area contributed by atoms with E-state index in [1.54, 1.807) is 29.6 Å². The molecule has 0 N–H and O–H groups in total. The molecule has 1 aliphatic heterocycles. The largest absolute Gasteiger partial charge is 0.444 e. The predicted octanol–water partition coefficient (Wildman–Crippen LogP) is 5.73. The summed E-state index contributed by atoms with van der Waals surface area (Å²) in [4.78, 5) is 26.9. The number of rotatable bonds is 7. The Morgan fingerprint density at radius 2 is 1.83 bits per heavy atom. The van der Waals surface area contributed by atoms with E-state index in [9.17, 15) is 13.6 Å². The molecule has 1 saturated heterocycles. The van der Waals surface area contributed by atoms with Gasteiger partial charge in [0.1, 0.15) is 17.1 Å². The second kappa shape index (κ2) is 10.8. The fourth-order valence-corrected chi connectivity index (χ4v) is 3.92. The van der Waals surface area contributed by atoms with Crippen molar-refractivity contribution in [2.45, 2.75) is 45.8 Å². The third-order valence-corrected chi connectivity index (χ3v) is 5.46. The van der Waals surface area contributed by atoms with Gasteiger partial charge in [-0.25, -0.2) is 14.8 Å². The predicted molar refractivity (Wildman–Crippen MR) is 128 cm³/mol. The Bertz CT molecular complexity index is 1190. The van der Waals surface area contributed by atoms with Gasteiger partial charge in [-0.3, -0.25) is 4.98 Å². The summed E-state index contributed by atoms with van der Waals surface area (Å²) in [5.41, 5.74) is 2.16. The van der Waals surface area contributed by atoms with Crippen molar-refractivity contribution in [2.24, 2.45) is 5.92 Å². The summed E-state index contributed by atoms with van der Waals surface area (Å²) in [6, 6.07) is 7.98. The molecular formula is C26H28F2N4O4. The minimum atomic E-state index is -2.92. The van der Waals surface area contributed by atoms with Gasteiger partial charge in [0.05, 0.1) is 0 Å². The third-order valence-electron chi connectivity index (χ3n) is 5.46. The topological polar surface area (TPSA) is 86.7 Å². The van der Waals surface area contributed by atoms with Crippen LogP contribution in [0.4, 0.5) is 13.6 Å². The number of carbonyl (C=O) groups excluding carboxylic acids is 1. The van der Waals surface area contributed by atoms with Gasteiger partial charge in [-0.1, -0.05) is 6.07 Å². The number of benzene rings is 1. The zero-order valence-electron chi connectivity index (χ0n) is 20.4. The third kappa shape index (κ3) is 7.10. The Morgan fingerprint density at radius 3 is 2.56 bits per heavy atom. The number of pyridine rings is 1. The van der Waals surface area contributed by atoms with Gasteiger partial charge in [0.2, 0.25) is 0 Å². The van der Waals surface area contributed by atoms with E-state index in [1.165, 1.54) is 18.2 Å². The van der Waals surface area contributed by atoms with Crippen molar-refractivity contribution >= 4 is 6.09 Å². The zero-order valence-corrected chi connectivity index (χ0v) is 20.4. The SMILES string of the molecule is CC(C)(C)OC(=O)N1CC[C@H](Cc2cncc(-c3cnc(Oc4cccc(OC(F)F)c4)nc3)c2)C1. The molecule has 0 spiro atoms. The molecule has 0 aliphatic carbocycles. The molecule has 1 atom stereocenters. The van der Waals surface area contributed by atoms with Crippen LogP contribution in [-0.2, 0) is 11.2 Å². The maximum absolute atomic E-state index is 12.4. The maximum Gasteiger partial charge on any atom is 0.410 e. The van der Waals surface area contributed by atoms with Crippen LogP contribution in [-0.4, -0.2) is 51.2 Å². The Kier molecular flexibility index (Phi) is 7.61. The van der Waals surface area contributed by atoms with Gasteiger partial charge >= 0.3 is 18.7 Å². The number of alkyl halides is 2. The molecule has 10 heteroatoms. The number of hydrogen-bond donors (Lipinski definition) is 0. The smallest absolute Gasteiger partial charge is 0.410 e. The van der Waals surface area contributed by atoms with E-state index in [1.807, 2.05) is 33.0 Å². The first-order chi connectivity index (χ1) is 17.1. The van der Waals surface area contributed by atoms with Crippen LogP contribution in [0, 0.1) is 5.92 Å². The molecule has 1 aromatic carbocycles. The Balaban J connectivity index is 1.36. The van der Waals surface area contributed by atoms with Gasteiger partial charge in [0.25, 0.3) is 0 Å². The number of likely N-dealkylation sites (tertiary alicyclic amines) is 1. The first-order valence-electron chi connectivity index (χ1n) is 11.6. The normalized spacial score (nSPS) is 15.7. The lowest BCUT2D eigenvalue weighted by atomic mass is 9.98. The van der Waals surface area contributed by atoms with E-state index in [2.05, 4.69) is 19.7 Å². The van der Waals surface area contributed by atoms with Gasteiger partial charge in [0.15, 0.2) is 0 Å². The molecule has 3 heterocycles. The summed E-state index contributed by atoms with van der Waals surface area (Å²) in [6.07, 6.45) is 8.21. The first-order valence-corrected chi connectivity index (χ1v) is 11.6. The molecular weight excluding hydrogens is 470 g/mol. The van der Waals surface area contributed by atoms with Crippen LogP contribution in [0.5, 0.6) is 17.5 Å². The molecule has 0 saturated carbocycles. The highest BCUT2D eigenvalue weighted by molar-refractivity contribution is 5.68. The summed E-state index contributed by atoms with van der Waals surface area (Å²) in [5, 5.41) is 0. The molecule has 0 unspecified atom stereocenters. The number of nitrogens with zero attached hydrogens (tertiary/aromatic N) is 4. The van der Waals surface area contributed by atoms with Crippen molar-refractivity contribution in [2.75, 3.05) is 13.1 Å². The number of hydrogen-bond acceptors (Lipinski definition) is 7. The molecule has 0 bridgehead atoms. The van der Waals surface area contributed by atoms with Crippen molar-refractivity contribution in [3.05, 3.63) is 60.7 Å². The van der Waals surface area contributed by atoms with Crippen molar-refractivity contribution in [1.82, 2.24) is 19.9 Å². The van der Waals surface area contributed by atoms with Crippen LogP contribution in [0.25, 0.3) is 11.1 Å². The summed E-state index contributed by atoms with van der Waals surface area (Å²) >= 11 is 0. The molecule has 36 heavy (non-hydrogen) atoms. The standard InChI is InChI=1S/C26H28F2N4O4/c1-26(2,3)36-25(33)32-8-7-17(16-32)9-18-10-19(13-29-12-18)20-14-30-24(31-15-20)35-22-6-4-5-21(11-22)34-23(27)28/h4-6,10-15,17,23H,7-9,16H2,1-3H3/t17-/m1/s1. The van der Waals surface area contributed by atoms with Crippen LogP contribution in [0.2, 0.25) is 0 Å². The van der Waals surface area contributed by atoms with Gasteiger partial charge in [-0.15, -0.1) is 0 Å². The molecule has 4 rings (SSSR count). The lowest BCUT2D eigenvalue weighted by molar-refractivity contribution is -0.0499. The Labute approximate surface area is 208 Å².